The second-order valence-electron chi connectivity index (χ2n) is 7.10. The molecular formula is C23H28ClN3O2. The Morgan fingerprint density at radius 1 is 1.07 bits per heavy atom. The number of carbonyl (C=O) groups excluding carboxylic acids is 2. The van der Waals surface area contributed by atoms with Gasteiger partial charge in [-0.3, -0.25) is 9.59 Å². The number of halogens is 1. The summed E-state index contributed by atoms with van der Waals surface area (Å²) < 4.78 is 0. The third-order valence-electron chi connectivity index (χ3n) is 4.88. The Hall–Kier alpha value is -2.63. The molecule has 6 heteroatoms. The van der Waals surface area contributed by atoms with Crippen molar-refractivity contribution in [2.75, 3.05) is 19.6 Å². The van der Waals surface area contributed by atoms with Crippen LogP contribution in [0.5, 0.6) is 0 Å². The molecule has 0 fully saturated rings. The van der Waals surface area contributed by atoms with Gasteiger partial charge in [-0.25, -0.2) is 0 Å². The smallest absolute Gasteiger partial charge is 0.251 e. The van der Waals surface area contributed by atoms with Crippen LogP contribution in [0.2, 0.25) is 0 Å². The van der Waals surface area contributed by atoms with Crippen LogP contribution in [0.25, 0.3) is 0 Å². The van der Waals surface area contributed by atoms with Crippen LogP contribution in [-0.2, 0) is 4.79 Å². The first kappa shape index (κ1) is 22.7. The number of aryl methyl sites for hydroxylation is 1. The molecule has 0 spiro atoms. The summed E-state index contributed by atoms with van der Waals surface area (Å²) in [5.41, 5.74) is 3.85. The molecule has 0 radical (unpaired) electrons. The van der Waals surface area contributed by atoms with E-state index in [9.17, 15) is 9.59 Å². The zero-order chi connectivity index (χ0) is 19.8. The molecule has 2 aromatic rings. The fourth-order valence-corrected chi connectivity index (χ4v) is 3.18. The average molecular weight is 414 g/mol. The van der Waals surface area contributed by atoms with E-state index >= 15 is 0 Å². The number of hydrogen-bond acceptors (Lipinski definition) is 3. The highest BCUT2D eigenvalue weighted by atomic mass is 35.5. The van der Waals surface area contributed by atoms with Crippen LogP contribution in [0, 0.1) is 6.92 Å². The molecule has 1 aliphatic heterocycles. The van der Waals surface area contributed by atoms with Crippen molar-refractivity contribution in [2.45, 2.75) is 25.8 Å². The van der Waals surface area contributed by atoms with E-state index in [-0.39, 0.29) is 36.7 Å². The summed E-state index contributed by atoms with van der Waals surface area (Å²) in [5, 5.41) is 9.26. The molecule has 2 amide bonds. The van der Waals surface area contributed by atoms with E-state index in [0.29, 0.717) is 12.1 Å². The highest BCUT2D eigenvalue weighted by molar-refractivity contribution is 5.94. The van der Waals surface area contributed by atoms with Gasteiger partial charge >= 0.3 is 0 Å². The van der Waals surface area contributed by atoms with Crippen molar-refractivity contribution in [3.63, 3.8) is 0 Å². The maximum Gasteiger partial charge on any atom is 0.251 e. The SMILES string of the molecule is Cc1ccc(C(=O)NC(CC(=O)NCC2=CCNCC2)c2ccccc2)cc1.Cl. The zero-order valence-electron chi connectivity index (χ0n) is 16.6. The molecule has 154 valence electrons. The zero-order valence-corrected chi connectivity index (χ0v) is 17.4. The summed E-state index contributed by atoms with van der Waals surface area (Å²) >= 11 is 0. The molecule has 1 aliphatic rings. The maximum atomic E-state index is 12.7. The molecule has 3 N–H and O–H groups in total. The largest absolute Gasteiger partial charge is 0.352 e. The molecule has 1 unspecified atom stereocenters. The van der Waals surface area contributed by atoms with Gasteiger partial charge in [0, 0.05) is 18.7 Å². The van der Waals surface area contributed by atoms with E-state index in [4.69, 9.17) is 0 Å². The van der Waals surface area contributed by atoms with Crippen LogP contribution in [0.1, 0.15) is 40.4 Å². The van der Waals surface area contributed by atoms with Gasteiger partial charge < -0.3 is 16.0 Å². The first-order valence-corrected chi connectivity index (χ1v) is 9.69. The van der Waals surface area contributed by atoms with Crippen LogP contribution in [0.15, 0.2) is 66.2 Å². The monoisotopic (exact) mass is 413 g/mol. The van der Waals surface area contributed by atoms with Gasteiger partial charge in [0.15, 0.2) is 0 Å². The van der Waals surface area contributed by atoms with Gasteiger partial charge in [-0.2, -0.15) is 0 Å². The van der Waals surface area contributed by atoms with E-state index in [1.54, 1.807) is 12.1 Å². The van der Waals surface area contributed by atoms with Crippen LogP contribution in [0.4, 0.5) is 0 Å². The Balaban J connectivity index is 0.00000300. The topological polar surface area (TPSA) is 70.2 Å². The fourth-order valence-electron chi connectivity index (χ4n) is 3.18. The first-order chi connectivity index (χ1) is 13.6. The molecule has 1 atom stereocenters. The molecule has 2 aromatic carbocycles. The Morgan fingerprint density at radius 2 is 1.79 bits per heavy atom. The predicted molar refractivity (Wildman–Crippen MR) is 118 cm³/mol. The summed E-state index contributed by atoms with van der Waals surface area (Å²) in [4.78, 5) is 25.2. The van der Waals surface area contributed by atoms with Crippen LogP contribution >= 0.6 is 12.4 Å². The number of rotatable bonds is 7. The Kier molecular flexibility index (Phi) is 8.90. The fraction of sp³-hybridized carbons (Fsp3) is 0.304. The predicted octanol–water partition coefficient (Wildman–Crippen LogP) is 3.31. The lowest BCUT2D eigenvalue weighted by molar-refractivity contribution is -0.121. The van der Waals surface area contributed by atoms with Crippen LogP contribution < -0.4 is 16.0 Å². The Bertz CT molecular complexity index is 835. The quantitative estimate of drug-likeness (QED) is 0.610. The van der Waals surface area contributed by atoms with Gasteiger partial charge in [-0.1, -0.05) is 59.7 Å². The minimum Gasteiger partial charge on any atom is -0.352 e. The number of amides is 2. The number of benzene rings is 2. The third-order valence-corrected chi connectivity index (χ3v) is 4.88. The number of hydrogen-bond donors (Lipinski definition) is 3. The molecule has 0 saturated heterocycles. The van der Waals surface area contributed by atoms with E-state index in [2.05, 4.69) is 22.0 Å². The minimum atomic E-state index is -0.378. The number of nitrogens with one attached hydrogen (secondary N) is 3. The molecule has 0 aromatic heterocycles. The summed E-state index contributed by atoms with van der Waals surface area (Å²) in [7, 11) is 0. The van der Waals surface area contributed by atoms with Crippen LogP contribution in [0.3, 0.4) is 0 Å². The second-order valence-corrected chi connectivity index (χ2v) is 7.10. The lowest BCUT2D eigenvalue weighted by Gasteiger charge is -2.20. The summed E-state index contributed by atoms with van der Waals surface area (Å²) in [6, 6.07) is 16.7. The molecule has 1 heterocycles. The Morgan fingerprint density at radius 3 is 2.45 bits per heavy atom. The minimum absolute atomic E-state index is 0. The maximum absolute atomic E-state index is 12.7. The first-order valence-electron chi connectivity index (χ1n) is 9.69. The molecule has 0 bridgehead atoms. The van der Waals surface area contributed by atoms with E-state index < -0.39 is 0 Å². The molecule has 3 rings (SSSR count). The van der Waals surface area contributed by atoms with Gasteiger partial charge in [0.1, 0.15) is 0 Å². The number of carbonyl (C=O) groups is 2. The van der Waals surface area contributed by atoms with Gasteiger partial charge in [0.2, 0.25) is 5.91 Å². The van der Waals surface area contributed by atoms with Crippen molar-refractivity contribution >= 4 is 24.2 Å². The second kappa shape index (κ2) is 11.4. The van der Waals surface area contributed by atoms with Crippen LogP contribution in [-0.4, -0.2) is 31.4 Å². The van der Waals surface area contributed by atoms with Crippen molar-refractivity contribution in [3.05, 3.63) is 82.9 Å². The van der Waals surface area contributed by atoms with E-state index in [1.807, 2.05) is 49.4 Å². The van der Waals surface area contributed by atoms with Gasteiger partial charge in [-0.05, 0) is 37.6 Å². The van der Waals surface area contributed by atoms with E-state index in [0.717, 1.165) is 30.6 Å². The Labute approximate surface area is 178 Å². The van der Waals surface area contributed by atoms with Gasteiger partial charge in [0.25, 0.3) is 5.91 Å². The standard InChI is InChI=1S/C23H27N3O2.ClH/c1-17-7-9-20(10-8-17)23(28)26-21(19-5-3-2-4-6-19)15-22(27)25-16-18-11-13-24-14-12-18;/h2-11,21,24H,12-16H2,1H3,(H,25,27)(H,26,28);1H. The highest BCUT2D eigenvalue weighted by Gasteiger charge is 2.19. The third kappa shape index (κ3) is 7.04. The lowest BCUT2D eigenvalue weighted by Crippen LogP contribution is -2.35. The van der Waals surface area contributed by atoms with E-state index in [1.165, 1.54) is 5.57 Å². The van der Waals surface area contributed by atoms with Crippen molar-refractivity contribution in [1.82, 2.24) is 16.0 Å². The highest BCUT2D eigenvalue weighted by Crippen LogP contribution is 2.18. The lowest BCUT2D eigenvalue weighted by atomic mass is 10.0. The molecular weight excluding hydrogens is 386 g/mol. The molecule has 29 heavy (non-hydrogen) atoms. The molecule has 0 saturated carbocycles. The van der Waals surface area contributed by atoms with Crippen molar-refractivity contribution < 1.29 is 9.59 Å². The summed E-state index contributed by atoms with van der Waals surface area (Å²) in [6.45, 7) is 4.34. The van der Waals surface area contributed by atoms with Crippen molar-refractivity contribution in [1.29, 1.82) is 0 Å². The summed E-state index contributed by atoms with van der Waals surface area (Å²) in [6.07, 6.45) is 3.28. The molecule has 0 aliphatic carbocycles. The van der Waals surface area contributed by atoms with Crippen molar-refractivity contribution in [3.8, 4) is 0 Å². The van der Waals surface area contributed by atoms with Crippen molar-refractivity contribution in [2.24, 2.45) is 0 Å². The van der Waals surface area contributed by atoms with Gasteiger partial charge in [0.05, 0.1) is 12.5 Å². The normalized spacial score (nSPS) is 14.2. The summed E-state index contributed by atoms with van der Waals surface area (Å²) in [5.74, 6) is -0.250. The average Bonchev–Trinajstić information content (AvgIpc) is 2.73. The molecule has 5 nitrogen and oxygen atoms in total. The van der Waals surface area contributed by atoms with Gasteiger partial charge in [-0.15, -0.1) is 12.4 Å².